The van der Waals surface area contributed by atoms with Crippen LogP contribution >= 0.6 is 0 Å². The second-order valence-corrected chi connectivity index (χ2v) is 10.2. The molecular formula is C24H29NO8S. The first-order valence-corrected chi connectivity index (χ1v) is 12.9. The lowest BCUT2D eigenvalue weighted by Gasteiger charge is -2.22. The number of hydrogen-bond donors (Lipinski definition) is 2. The molecule has 2 N–H and O–H groups in total. The Kier molecular flexibility index (Phi) is 9.53. The number of carbonyl (C=O) groups is 4. The van der Waals surface area contributed by atoms with Crippen LogP contribution in [-0.2, 0) is 35.6 Å². The number of sulfonamides is 1. The zero-order chi connectivity index (χ0) is 25.5. The number of phenols is 1. The maximum absolute atomic E-state index is 13.0. The third-order valence-electron chi connectivity index (χ3n) is 5.59. The van der Waals surface area contributed by atoms with E-state index >= 15 is 0 Å². The quantitative estimate of drug-likeness (QED) is 0.281. The Balaban J connectivity index is 2.41. The van der Waals surface area contributed by atoms with Gasteiger partial charge >= 0.3 is 5.97 Å². The Morgan fingerprint density at radius 1 is 1.09 bits per heavy atom. The molecule has 10 heteroatoms. The average molecular weight is 492 g/mol. The summed E-state index contributed by atoms with van der Waals surface area (Å²) in [7, 11) is -3.34. The van der Waals surface area contributed by atoms with Crippen LogP contribution in [0.25, 0.3) is 0 Å². The molecule has 0 aromatic heterocycles. The molecule has 1 aliphatic rings. The van der Waals surface area contributed by atoms with Crippen molar-refractivity contribution < 1.29 is 37.4 Å². The molecule has 0 radical (unpaired) electrons. The highest BCUT2D eigenvalue weighted by Gasteiger charge is 2.28. The van der Waals surface area contributed by atoms with Gasteiger partial charge in [-0.3, -0.25) is 14.4 Å². The summed E-state index contributed by atoms with van der Waals surface area (Å²) in [6.07, 6.45) is 0.874. The third kappa shape index (κ3) is 7.78. The Bertz CT molecular complexity index is 1140. The molecule has 1 aromatic rings. The number of fused-ring (bicyclic) bond motifs is 1. The third-order valence-corrected chi connectivity index (χ3v) is 6.32. The van der Waals surface area contributed by atoms with Crippen LogP contribution in [-0.4, -0.2) is 55.7 Å². The van der Waals surface area contributed by atoms with Crippen molar-refractivity contribution >= 4 is 33.3 Å². The van der Waals surface area contributed by atoms with Crippen LogP contribution in [0.5, 0.6) is 5.75 Å². The zero-order valence-electron chi connectivity index (χ0n) is 19.5. The fraction of sp³-hybridized carbons (Fsp3) is 0.500. The highest BCUT2D eigenvalue weighted by Crippen LogP contribution is 2.28. The van der Waals surface area contributed by atoms with Crippen molar-refractivity contribution in [2.24, 2.45) is 5.92 Å². The van der Waals surface area contributed by atoms with E-state index < -0.39 is 39.4 Å². The number of phenolic OH excluding ortho intramolecular Hbond substituents is 1. The standard InChI is InChI=1S/C24H29NO8S/c1-15-10-12-21(28)23(29)20(27)9-6-8-18-17(7-4-5-14-25-34(3,31)32)11-13-19(26)22(18)24(30)33-16(15)2/h11,13,15-16,25-26H,5-6,8-10,12,14H2,1-3H3/t15-,16-/m0/s1. The molecule has 1 aliphatic heterocycles. The Labute approximate surface area is 199 Å². The fourth-order valence-corrected chi connectivity index (χ4v) is 3.92. The summed E-state index contributed by atoms with van der Waals surface area (Å²) >= 11 is 0. The Morgan fingerprint density at radius 2 is 1.76 bits per heavy atom. The summed E-state index contributed by atoms with van der Waals surface area (Å²) in [6, 6.07) is 2.84. The maximum atomic E-state index is 13.0. The minimum atomic E-state index is -3.34. The van der Waals surface area contributed by atoms with Gasteiger partial charge in [0.15, 0.2) is 0 Å². The summed E-state index contributed by atoms with van der Waals surface area (Å²) in [5.74, 6) is 1.83. The molecule has 0 unspecified atom stereocenters. The Morgan fingerprint density at radius 3 is 2.44 bits per heavy atom. The predicted octanol–water partition coefficient (Wildman–Crippen LogP) is 1.69. The van der Waals surface area contributed by atoms with Crippen LogP contribution in [0.1, 0.15) is 67.4 Å². The minimum Gasteiger partial charge on any atom is -0.507 e. The molecule has 0 fully saturated rings. The molecule has 0 amide bonds. The molecule has 0 aliphatic carbocycles. The summed E-state index contributed by atoms with van der Waals surface area (Å²) < 4.78 is 30.2. The van der Waals surface area contributed by atoms with E-state index in [9.17, 15) is 32.7 Å². The number of rotatable bonds is 3. The molecule has 0 saturated carbocycles. The monoisotopic (exact) mass is 491 g/mol. The van der Waals surface area contributed by atoms with Crippen molar-refractivity contribution in [3.63, 3.8) is 0 Å². The number of esters is 1. The van der Waals surface area contributed by atoms with Crippen LogP contribution in [0.3, 0.4) is 0 Å². The van der Waals surface area contributed by atoms with Crippen LogP contribution in [0.15, 0.2) is 12.1 Å². The second kappa shape index (κ2) is 11.9. The molecule has 1 aromatic carbocycles. The number of ketones is 3. The lowest BCUT2D eigenvalue weighted by atomic mass is 9.92. The zero-order valence-corrected chi connectivity index (χ0v) is 20.3. The fourth-order valence-electron chi connectivity index (χ4n) is 3.44. The molecule has 34 heavy (non-hydrogen) atoms. The Hall–Kier alpha value is -3.03. The molecule has 0 spiro atoms. The first-order valence-electron chi connectivity index (χ1n) is 11.0. The van der Waals surface area contributed by atoms with Gasteiger partial charge in [0.25, 0.3) is 5.78 Å². The van der Waals surface area contributed by atoms with Crippen molar-refractivity contribution in [3.8, 4) is 17.6 Å². The lowest BCUT2D eigenvalue weighted by Crippen LogP contribution is -2.27. The van der Waals surface area contributed by atoms with Crippen molar-refractivity contribution in [3.05, 3.63) is 28.8 Å². The smallest absolute Gasteiger partial charge is 0.342 e. The van der Waals surface area contributed by atoms with Gasteiger partial charge in [-0.1, -0.05) is 18.8 Å². The van der Waals surface area contributed by atoms with Gasteiger partial charge in [-0.25, -0.2) is 17.9 Å². The molecule has 184 valence electrons. The van der Waals surface area contributed by atoms with E-state index in [1.807, 2.05) is 0 Å². The minimum absolute atomic E-state index is 0.0629. The molecule has 1 heterocycles. The lowest BCUT2D eigenvalue weighted by molar-refractivity contribution is -0.144. The molecule has 9 nitrogen and oxygen atoms in total. The summed E-state index contributed by atoms with van der Waals surface area (Å²) in [6.45, 7) is 3.52. The van der Waals surface area contributed by atoms with E-state index in [0.29, 0.717) is 11.1 Å². The highest BCUT2D eigenvalue weighted by molar-refractivity contribution is 7.88. The number of cyclic esters (lactones) is 1. The van der Waals surface area contributed by atoms with E-state index in [4.69, 9.17) is 4.74 Å². The predicted molar refractivity (Wildman–Crippen MR) is 124 cm³/mol. The number of aromatic hydroxyl groups is 1. The molecule has 0 saturated heterocycles. The molecular weight excluding hydrogens is 462 g/mol. The van der Waals surface area contributed by atoms with Crippen LogP contribution in [0.4, 0.5) is 0 Å². The number of nitrogens with one attached hydrogen (secondary N) is 1. The van der Waals surface area contributed by atoms with Gasteiger partial charge in [-0.2, -0.15) is 0 Å². The first-order chi connectivity index (χ1) is 15.9. The number of carbonyl (C=O) groups excluding carboxylic acids is 4. The molecule has 0 bridgehead atoms. The van der Waals surface area contributed by atoms with Crippen molar-refractivity contribution in [1.29, 1.82) is 0 Å². The van der Waals surface area contributed by atoms with Crippen LogP contribution in [0.2, 0.25) is 0 Å². The molecule has 2 atom stereocenters. The largest absolute Gasteiger partial charge is 0.507 e. The van der Waals surface area contributed by atoms with E-state index in [-0.39, 0.29) is 62.3 Å². The van der Waals surface area contributed by atoms with Crippen LogP contribution in [0, 0.1) is 17.8 Å². The summed E-state index contributed by atoms with van der Waals surface area (Å²) in [5, 5.41) is 10.4. The molecule has 2 rings (SSSR count). The van der Waals surface area contributed by atoms with Crippen LogP contribution < -0.4 is 4.72 Å². The number of hydrogen-bond acceptors (Lipinski definition) is 8. The van der Waals surface area contributed by atoms with E-state index in [2.05, 4.69) is 16.6 Å². The number of benzene rings is 1. The van der Waals surface area contributed by atoms with Gasteiger partial charge < -0.3 is 9.84 Å². The SMILES string of the molecule is C[C@@H]1OC(=O)c2c(O)ccc(C#CCCNS(C)(=O)=O)c2CCCC(=O)C(=O)C(=O)CC[C@@H]1C. The van der Waals surface area contributed by atoms with Gasteiger partial charge in [0.05, 0.1) is 6.26 Å². The van der Waals surface area contributed by atoms with Gasteiger partial charge in [0.1, 0.15) is 17.4 Å². The number of Topliss-reactive ketones (excluding diaryl/α,β-unsaturated/α-hetero) is 3. The maximum Gasteiger partial charge on any atom is 0.342 e. The van der Waals surface area contributed by atoms with Gasteiger partial charge in [0, 0.05) is 31.4 Å². The van der Waals surface area contributed by atoms with Gasteiger partial charge in [0.2, 0.25) is 21.6 Å². The second-order valence-electron chi connectivity index (χ2n) is 8.36. The normalized spacial score (nSPS) is 20.6. The van der Waals surface area contributed by atoms with Gasteiger partial charge in [-0.05, 0) is 49.8 Å². The van der Waals surface area contributed by atoms with E-state index in [1.165, 1.54) is 12.1 Å². The average Bonchev–Trinajstić information content (AvgIpc) is 2.75. The number of ether oxygens (including phenoxy) is 1. The van der Waals surface area contributed by atoms with E-state index in [1.54, 1.807) is 13.8 Å². The van der Waals surface area contributed by atoms with E-state index in [0.717, 1.165) is 6.26 Å². The van der Waals surface area contributed by atoms with Crippen molar-refractivity contribution in [1.82, 2.24) is 4.72 Å². The topological polar surface area (TPSA) is 144 Å². The van der Waals surface area contributed by atoms with Gasteiger partial charge in [-0.15, -0.1) is 0 Å². The van der Waals surface area contributed by atoms with Crippen molar-refractivity contribution in [2.75, 3.05) is 12.8 Å². The first kappa shape index (κ1) is 27.2. The van der Waals surface area contributed by atoms with Crippen molar-refractivity contribution in [2.45, 2.75) is 58.5 Å². The summed E-state index contributed by atoms with van der Waals surface area (Å²) in [4.78, 5) is 49.3. The summed E-state index contributed by atoms with van der Waals surface area (Å²) in [5.41, 5.74) is 0.704. The highest BCUT2D eigenvalue weighted by atomic mass is 32.2.